The van der Waals surface area contributed by atoms with E-state index in [1.165, 1.54) is 0 Å². The second kappa shape index (κ2) is 192. The molecule has 0 nitrogen and oxygen atoms in total. The van der Waals surface area contributed by atoms with E-state index in [1.807, 2.05) is 0 Å². The molecule has 0 amide bonds. The zero-order valence-electron chi connectivity index (χ0n) is 0. The summed E-state index contributed by atoms with van der Waals surface area (Å²) in [5.74, 6) is 0. The van der Waals surface area contributed by atoms with Crippen LogP contribution in [0.4, 0.5) is 0 Å². The summed E-state index contributed by atoms with van der Waals surface area (Å²) in [4.78, 5) is 0. The van der Waals surface area contributed by atoms with Gasteiger partial charge < -0.3 is 0 Å². The van der Waals surface area contributed by atoms with Gasteiger partial charge in [-0.3, -0.25) is 0 Å². The molecule has 0 aromatic rings. The Hall–Kier alpha value is 0.845. The molecular weight excluding hydrogens is 117 g/mol. The minimum Gasteiger partial charge on any atom is -0.0149 e. The van der Waals surface area contributed by atoms with Crippen molar-refractivity contribution in [3.05, 3.63) is 0 Å². The van der Waals surface area contributed by atoms with Gasteiger partial charge in [0.2, 0.25) is 0 Å². The summed E-state index contributed by atoms with van der Waals surface area (Å²) >= 11 is 0. The van der Waals surface area contributed by atoms with Crippen LogP contribution in [0.3, 0.4) is 0 Å². The minimum atomic E-state index is 0. The molecule has 0 aromatic carbocycles. The Morgan fingerprint density at radius 3 is 0.333 bits per heavy atom. The Kier molecular flexibility index (Phi) is 10500. The molecule has 0 rings (SSSR count). The van der Waals surface area contributed by atoms with Crippen molar-refractivity contribution in [3.63, 3.8) is 0 Å². The van der Waals surface area contributed by atoms with E-state index >= 15 is 0 Å². The van der Waals surface area contributed by atoms with E-state index < -0.39 is 0 Å². The van der Waals surface area contributed by atoms with Crippen LogP contribution in [0.25, 0.3) is 0 Å². The highest BCUT2D eigenvalue weighted by Gasteiger charge is 0.0835. The summed E-state index contributed by atoms with van der Waals surface area (Å²) in [5, 5.41) is 0. The molecule has 0 aliphatic carbocycles. The Labute approximate surface area is 58.7 Å². The first-order chi connectivity index (χ1) is 0. The van der Waals surface area contributed by atoms with Crippen LogP contribution in [-0.2, 0) is 0 Å². The van der Waals surface area contributed by atoms with Crippen molar-refractivity contribution in [1.82, 2.24) is 0 Å². The number of rotatable bonds is 0. The summed E-state index contributed by atoms with van der Waals surface area (Å²) in [6, 6.07) is 0. The van der Waals surface area contributed by atoms with E-state index in [0.29, 0.717) is 0 Å². The summed E-state index contributed by atoms with van der Waals surface area (Å²) in [6.45, 7) is 0. The van der Waals surface area contributed by atoms with Crippen molar-refractivity contribution in [2.75, 3.05) is 0 Å². The van der Waals surface area contributed by atoms with Gasteiger partial charge in [0.1, 0.15) is 0 Å². The molecule has 0 N–H and O–H groups in total. The molecule has 0 aliphatic rings. The van der Waals surface area contributed by atoms with Gasteiger partial charge in [-0.1, -0.05) is 0 Å². The monoisotopic (exact) mass is 138 g/mol. The maximum absolute atomic E-state index is 0. The molecule has 6 heteroatoms. The summed E-state index contributed by atoms with van der Waals surface area (Å²) in [6.07, 6.45) is 0. The van der Waals surface area contributed by atoms with Crippen molar-refractivity contribution in [2.45, 2.75) is 0 Å². The second-order valence-electron chi connectivity index (χ2n) is 0. The average Bonchev–Trinajstić information content (AvgIpc) is 0. The van der Waals surface area contributed by atoms with Gasteiger partial charge in [-0.25, -0.2) is 0 Å². The van der Waals surface area contributed by atoms with Crippen LogP contribution in [0, 0.1) is 0 Å². The van der Waals surface area contributed by atoms with Crippen molar-refractivity contribution in [2.24, 2.45) is 0 Å². The maximum Gasteiger partial charge on any atom is 0.0814 e. The van der Waals surface area contributed by atoms with Gasteiger partial charge in [-0.15, -0.1) is 0 Å². The standard InChI is InChI=1S/3BH3.3H4Si/h3*1H3;3*1H4. The largest absolute Gasteiger partial charge is 0.0814 e. The fourth-order valence-electron chi connectivity index (χ4n) is 0. The van der Waals surface area contributed by atoms with Crippen molar-refractivity contribution < 1.29 is 0 Å². The minimum absolute atomic E-state index is 0. The molecule has 0 aromatic heterocycles. The van der Waals surface area contributed by atoms with Crippen LogP contribution in [-0.4, -0.2) is 58.1 Å². The third kappa shape index (κ3) is 100. The fourth-order valence-corrected chi connectivity index (χ4v) is 0. The van der Waals surface area contributed by atoms with Gasteiger partial charge >= 0.3 is 0 Å². The summed E-state index contributed by atoms with van der Waals surface area (Å²) < 4.78 is 0. The molecule has 0 saturated heterocycles. The smallest absolute Gasteiger partial charge is 0.0149 e. The highest BCUT2D eigenvalue weighted by molar-refractivity contribution is 5.76. The van der Waals surface area contributed by atoms with Gasteiger partial charge in [-0.2, -0.15) is 0 Å². The molecule has 0 heterocycles. The maximum atomic E-state index is 0. The summed E-state index contributed by atoms with van der Waals surface area (Å²) in [7, 11) is 0. The first kappa shape index (κ1) is 327. The summed E-state index contributed by atoms with van der Waals surface area (Å²) in [5.41, 5.74) is 0. The van der Waals surface area contributed by atoms with Gasteiger partial charge in [0.25, 0.3) is 0 Å². The normalized spacial score (nSPS) is 0. The fraction of sp³-hybridized carbons (Fsp3) is 0. The number of hydrogen-bond donors (Lipinski definition) is 0. The molecule has 0 aliphatic heterocycles. The molecule has 0 saturated carbocycles. The van der Waals surface area contributed by atoms with Crippen LogP contribution in [0.15, 0.2) is 0 Å². The highest BCUT2D eigenvalue weighted by Crippen LogP contribution is -0.376. The van der Waals surface area contributed by atoms with Gasteiger partial charge in [0.05, 0.1) is 25.2 Å². The molecule has 0 radical (unpaired) electrons. The Morgan fingerprint density at radius 2 is 0.333 bits per heavy atom. The highest BCUT2D eigenvalue weighted by atomic mass is 28.1. The quantitative estimate of drug-likeness (QED) is 0.291. The van der Waals surface area contributed by atoms with E-state index in [9.17, 15) is 0 Å². The molecule has 0 bridgehead atoms. The molecule has 0 atom stereocenters. The lowest BCUT2D eigenvalue weighted by Gasteiger charge is -0.0159. The van der Waals surface area contributed by atoms with Gasteiger partial charge in [-0.05, 0) is 32.9 Å². The van der Waals surface area contributed by atoms with E-state index in [2.05, 4.69) is 0 Å². The zero-order chi connectivity index (χ0) is 0. The topological polar surface area (TPSA) is 0 Å². The number of hydrogen-bond acceptors (Lipinski definition) is 0. The van der Waals surface area contributed by atoms with Crippen LogP contribution >= 0.6 is 0 Å². The zero-order valence-corrected chi connectivity index (χ0v) is 0. The van der Waals surface area contributed by atoms with Crippen molar-refractivity contribution in [3.8, 4) is 0 Å². The molecule has 42 valence electrons. The Balaban J connectivity index is 0. The molecule has 6 heavy (non-hydrogen) atoms. The van der Waals surface area contributed by atoms with Crippen LogP contribution in [0.2, 0.25) is 0 Å². The van der Waals surface area contributed by atoms with Crippen molar-refractivity contribution >= 4 is 58.1 Å². The van der Waals surface area contributed by atoms with Crippen LogP contribution < -0.4 is 0 Å². The van der Waals surface area contributed by atoms with Gasteiger partial charge in [0.15, 0.2) is 0 Å². The van der Waals surface area contributed by atoms with Crippen LogP contribution in [0.5, 0.6) is 0 Å². The Bertz CT molecular complexity index is 6.00. The van der Waals surface area contributed by atoms with Crippen LogP contribution in [0.1, 0.15) is 0 Å². The van der Waals surface area contributed by atoms with E-state index in [1.54, 1.807) is 0 Å². The van der Waals surface area contributed by atoms with Gasteiger partial charge in [0, 0.05) is 0 Å². The van der Waals surface area contributed by atoms with E-state index in [-0.39, 0.29) is 58.1 Å². The van der Waals surface area contributed by atoms with E-state index in [4.69, 9.17) is 0 Å². The first-order valence-corrected chi connectivity index (χ1v) is 0. The van der Waals surface area contributed by atoms with E-state index in [0.717, 1.165) is 0 Å². The Morgan fingerprint density at radius 1 is 0.333 bits per heavy atom. The molecule has 0 fully saturated rings. The lowest BCUT2D eigenvalue weighted by Crippen LogP contribution is -0.382. The second-order valence-corrected chi connectivity index (χ2v) is 0. The average molecular weight is 138 g/mol. The molecular formula is H21B3Si3. The third-order valence-electron chi connectivity index (χ3n) is 0. The molecule has 0 unspecified atom stereocenters. The lowest BCUT2D eigenvalue weighted by atomic mass is 10.8. The lowest BCUT2D eigenvalue weighted by molar-refractivity contribution is 5.75. The molecule has 0 spiro atoms. The SMILES string of the molecule is B.B.B.[SiH4].[SiH4].[SiH4]. The predicted molar refractivity (Wildman–Crippen MR) is 63.8 cm³/mol. The predicted octanol–water partition coefficient (Wildman–Crippen LogP) is -7.91. The third-order valence-corrected chi connectivity index (χ3v) is 0. The van der Waals surface area contributed by atoms with Crippen molar-refractivity contribution in [1.29, 1.82) is 0 Å². The first-order valence-electron chi connectivity index (χ1n) is 0.